The number of likely N-dealkylation sites (tertiary alicyclic amines) is 1. The van der Waals surface area contributed by atoms with Crippen LogP contribution in [-0.4, -0.2) is 46.0 Å². The lowest BCUT2D eigenvalue weighted by Gasteiger charge is -2.42. The van der Waals surface area contributed by atoms with E-state index in [-0.39, 0.29) is 12.0 Å². The first-order valence-corrected chi connectivity index (χ1v) is 8.85. The van der Waals surface area contributed by atoms with Crippen molar-refractivity contribution >= 4 is 0 Å². The number of hydrogen-bond donors (Lipinski definition) is 1. The van der Waals surface area contributed by atoms with Crippen molar-refractivity contribution in [3.63, 3.8) is 0 Å². The summed E-state index contributed by atoms with van der Waals surface area (Å²) >= 11 is 0. The molecule has 2 heterocycles. The summed E-state index contributed by atoms with van der Waals surface area (Å²) in [5.74, 6) is -1.09. The van der Waals surface area contributed by atoms with E-state index in [0.717, 1.165) is 51.5 Å². The highest BCUT2D eigenvalue weighted by Crippen LogP contribution is 2.34. The number of piperidine rings is 1. The van der Waals surface area contributed by atoms with Crippen LogP contribution in [0.5, 0.6) is 0 Å². The van der Waals surface area contributed by atoms with Gasteiger partial charge in [-0.15, -0.1) is 0 Å². The Morgan fingerprint density at radius 3 is 2.84 bits per heavy atom. The predicted octanol–water partition coefficient (Wildman–Crippen LogP) is 2.87. The first-order chi connectivity index (χ1) is 12.1. The van der Waals surface area contributed by atoms with Crippen molar-refractivity contribution in [2.24, 2.45) is 5.41 Å². The minimum Gasteiger partial charge on any atom is -0.396 e. The fourth-order valence-electron chi connectivity index (χ4n) is 3.79. The second-order valence-electron chi connectivity index (χ2n) is 7.07. The first-order valence-electron chi connectivity index (χ1n) is 8.85. The summed E-state index contributed by atoms with van der Waals surface area (Å²) < 4.78 is 29.1. The lowest BCUT2D eigenvalue weighted by Crippen LogP contribution is -2.47. The van der Waals surface area contributed by atoms with Crippen LogP contribution < -0.4 is 0 Å². The van der Waals surface area contributed by atoms with Gasteiger partial charge in [0.25, 0.3) is 0 Å². The van der Waals surface area contributed by atoms with Gasteiger partial charge in [0.15, 0.2) is 0 Å². The average molecular weight is 349 g/mol. The Kier molecular flexibility index (Phi) is 5.81. The third-order valence-corrected chi connectivity index (χ3v) is 5.08. The molecule has 25 heavy (non-hydrogen) atoms. The van der Waals surface area contributed by atoms with Gasteiger partial charge in [0.1, 0.15) is 11.6 Å². The van der Waals surface area contributed by atoms with Crippen molar-refractivity contribution < 1.29 is 13.9 Å². The molecule has 1 atom stereocenters. The van der Waals surface area contributed by atoms with Crippen molar-refractivity contribution in [2.45, 2.75) is 32.2 Å². The second-order valence-corrected chi connectivity index (χ2v) is 7.07. The monoisotopic (exact) mass is 349 g/mol. The Labute approximate surface area is 147 Å². The maximum atomic E-state index is 14.0. The molecule has 1 unspecified atom stereocenters. The number of aryl methyl sites for hydroxylation is 1. The average Bonchev–Trinajstić information content (AvgIpc) is 3.11. The molecule has 1 aliphatic heterocycles. The van der Waals surface area contributed by atoms with Crippen LogP contribution >= 0.6 is 0 Å². The van der Waals surface area contributed by atoms with Crippen LogP contribution in [0, 0.1) is 17.0 Å². The van der Waals surface area contributed by atoms with Gasteiger partial charge in [-0.2, -0.15) is 5.10 Å². The Hall–Kier alpha value is -1.79. The largest absolute Gasteiger partial charge is 0.396 e. The predicted molar refractivity (Wildman–Crippen MR) is 92.1 cm³/mol. The zero-order valence-electron chi connectivity index (χ0n) is 14.4. The Morgan fingerprint density at radius 2 is 2.12 bits per heavy atom. The SMILES string of the molecule is OCC1(Cc2ccc(F)cc2F)CCCN(CCCn2cccn2)C1. The summed E-state index contributed by atoms with van der Waals surface area (Å²) in [6.45, 7) is 3.53. The third-order valence-electron chi connectivity index (χ3n) is 5.08. The Morgan fingerprint density at radius 1 is 1.24 bits per heavy atom. The van der Waals surface area contributed by atoms with Gasteiger partial charge in [-0.3, -0.25) is 4.68 Å². The van der Waals surface area contributed by atoms with Gasteiger partial charge in [-0.05, 0) is 56.5 Å². The molecule has 1 aliphatic rings. The van der Waals surface area contributed by atoms with Crippen LogP contribution in [0.4, 0.5) is 8.78 Å². The molecule has 0 spiro atoms. The number of aromatic nitrogens is 2. The molecular weight excluding hydrogens is 324 g/mol. The van der Waals surface area contributed by atoms with Gasteiger partial charge in [0, 0.05) is 37.0 Å². The van der Waals surface area contributed by atoms with Gasteiger partial charge in [0.05, 0.1) is 6.61 Å². The van der Waals surface area contributed by atoms with Crippen LogP contribution in [0.3, 0.4) is 0 Å². The van der Waals surface area contributed by atoms with E-state index >= 15 is 0 Å². The van der Waals surface area contributed by atoms with E-state index in [1.54, 1.807) is 6.20 Å². The van der Waals surface area contributed by atoms with E-state index in [0.29, 0.717) is 12.0 Å². The van der Waals surface area contributed by atoms with Gasteiger partial charge in [-0.25, -0.2) is 8.78 Å². The van der Waals surface area contributed by atoms with Crippen molar-refractivity contribution in [1.82, 2.24) is 14.7 Å². The number of halogens is 2. The molecule has 6 heteroatoms. The maximum Gasteiger partial charge on any atom is 0.129 e. The van der Waals surface area contributed by atoms with Gasteiger partial charge in [-0.1, -0.05) is 6.07 Å². The fourth-order valence-corrected chi connectivity index (χ4v) is 3.79. The van der Waals surface area contributed by atoms with Crippen LogP contribution in [-0.2, 0) is 13.0 Å². The lowest BCUT2D eigenvalue weighted by atomic mass is 9.75. The summed E-state index contributed by atoms with van der Waals surface area (Å²) in [5.41, 5.74) is 0.122. The fraction of sp³-hybridized carbons (Fsp3) is 0.526. The number of aliphatic hydroxyl groups excluding tert-OH is 1. The standard InChI is InChI=1S/C19H25F2N3O/c20-17-5-4-16(18(21)12-17)13-19(15-25)6-1-8-23(14-19)9-3-11-24-10-2-7-22-24/h2,4-5,7,10,12,25H,1,3,6,8-9,11,13-15H2. The molecule has 1 saturated heterocycles. The number of hydrogen-bond acceptors (Lipinski definition) is 3. The molecule has 1 fully saturated rings. The molecule has 3 rings (SSSR count). The summed E-state index contributed by atoms with van der Waals surface area (Å²) in [7, 11) is 0. The molecule has 136 valence electrons. The lowest BCUT2D eigenvalue weighted by molar-refractivity contribution is 0.0308. The summed E-state index contributed by atoms with van der Waals surface area (Å²) in [6, 6.07) is 5.62. The van der Waals surface area contributed by atoms with Crippen LogP contribution in [0.25, 0.3) is 0 Å². The normalized spacial score (nSPS) is 21.6. The van der Waals surface area contributed by atoms with Crippen LogP contribution in [0.1, 0.15) is 24.8 Å². The third kappa shape index (κ3) is 4.64. The topological polar surface area (TPSA) is 41.3 Å². The van der Waals surface area contributed by atoms with Crippen LogP contribution in [0.15, 0.2) is 36.7 Å². The molecule has 1 N–H and O–H groups in total. The quantitative estimate of drug-likeness (QED) is 0.836. The molecular formula is C19H25F2N3O. The maximum absolute atomic E-state index is 14.0. The number of aliphatic hydroxyl groups is 1. The molecule has 4 nitrogen and oxygen atoms in total. The molecule has 1 aromatic carbocycles. The van der Waals surface area contributed by atoms with Gasteiger partial charge < -0.3 is 10.0 Å². The Balaban J connectivity index is 1.60. The highest BCUT2D eigenvalue weighted by Gasteiger charge is 2.35. The summed E-state index contributed by atoms with van der Waals surface area (Å²) in [6.07, 6.45) is 6.97. The second kappa shape index (κ2) is 8.06. The summed E-state index contributed by atoms with van der Waals surface area (Å²) in [5, 5.41) is 14.2. The molecule has 0 saturated carbocycles. The van der Waals surface area contributed by atoms with Crippen LogP contribution in [0.2, 0.25) is 0 Å². The van der Waals surface area contributed by atoms with Gasteiger partial charge in [0.2, 0.25) is 0 Å². The molecule has 2 aromatic rings. The van der Waals surface area contributed by atoms with Crippen molar-refractivity contribution in [2.75, 3.05) is 26.2 Å². The zero-order valence-corrected chi connectivity index (χ0v) is 14.4. The van der Waals surface area contributed by atoms with Crippen molar-refractivity contribution in [3.8, 4) is 0 Å². The van der Waals surface area contributed by atoms with E-state index in [9.17, 15) is 13.9 Å². The molecule has 0 amide bonds. The highest BCUT2D eigenvalue weighted by molar-refractivity contribution is 5.20. The smallest absolute Gasteiger partial charge is 0.129 e. The van der Waals surface area contributed by atoms with E-state index in [2.05, 4.69) is 10.00 Å². The molecule has 0 aliphatic carbocycles. The summed E-state index contributed by atoms with van der Waals surface area (Å²) in [4.78, 5) is 2.34. The molecule has 1 aromatic heterocycles. The molecule has 0 radical (unpaired) electrons. The van der Waals surface area contributed by atoms with Gasteiger partial charge >= 0.3 is 0 Å². The van der Waals surface area contributed by atoms with E-state index < -0.39 is 11.6 Å². The number of nitrogens with zero attached hydrogens (tertiary/aromatic N) is 3. The number of benzene rings is 1. The van der Waals surface area contributed by atoms with Crippen molar-refractivity contribution in [3.05, 3.63) is 53.9 Å². The van der Waals surface area contributed by atoms with Crippen molar-refractivity contribution in [1.29, 1.82) is 0 Å². The highest BCUT2D eigenvalue weighted by atomic mass is 19.1. The zero-order chi connectivity index (χ0) is 17.7. The molecule has 0 bridgehead atoms. The minimum absolute atomic E-state index is 0.0134. The van der Waals surface area contributed by atoms with E-state index in [1.165, 1.54) is 12.1 Å². The number of rotatable bonds is 7. The minimum atomic E-state index is -0.566. The van der Waals surface area contributed by atoms with E-state index in [1.807, 2.05) is 16.9 Å². The first kappa shape index (κ1) is 18.0. The Bertz CT molecular complexity index is 677. The van der Waals surface area contributed by atoms with E-state index in [4.69, 9.17) is 0 Å².